The first-order valence-electron chi connectivity index (χ1n) is 9.97. The summed E-state index contributed by atoms with van der Waals surface area (Å²) in [7, 11) is 0. The fraction of sp³-hybridized carbons (Fsp3) is 0.455. The fourth-order valence-corrected chi connectivity index (χ4v) is 4.02. The van der Waals surface area contributed by atoms with Gasteiger partial charge in [-0.05, 0) is 42.7 Å². The summed E-state index contributed by atoms with van der Waals surface area (Å²) in [6, 6.07) is 16.7. The van der Waals surface area contributed by atoms with Crippen LogP contribution in [0.3, 0.4) is 0 Å². The van der Waals surface area contributed by atoms with Crippen molar-refractivity contribution in [1.29, 1.82) is 5.26 Å². The molecule has 6 heteroatoms. The molecule has 2 aromatic rings. The number of benzene rings is 1. The minimum atomic E-state index is -0.730. The third-order valence-electron chi connectivity index (χ3n) is 5.76. The summed E-state index contributed by atoms with van der Waals surface area (Å²) in [6.45, 7) is 5.51. The molecular weight excluding hydrogens is 350 g/mol. The fourth-order valence-electron chi connectivity index (χ4n) is 4.02. The minimum absolute atomic E-state index is 0.00677. The average molecular weight is 377 g/mol. The summed E-state index contributed by atoms with van der Waals surface area (Å²) in [5.41, 5.74) is 1.58. The van der Waals surface area contributed by atoms with Gasteiger partial charge >= 0.3 is 0 Å². The Labute approximate surface area is 166 Å². The number of piperazine rings is 1. The number of aliphatic hydroxyl groups is 1. The quantitative estimate of drug-likeness (QED) is 0.806. The van der Waals surface area contributed by atoms with E-state index in [0.29, 0.717) is 19.4 Å². The summed E-state index contributed by atoms with van der Waals surface area (Å²) >= 11 is 0. The maximum absolute atomic E-state index is 10.3. The molecule has 28 heavy (non-hydrogen) atoms. The van der Waals surface area contributed by atoms with Gasteiger partial charge in [-0.15, -0.1) is 0 Å². The van der Waals surface area contributed by atoms with E-state index in [-0.39, 0.29) is 5.92 Å². The van der Waals surface area contributed by atoms with Crippen LogP contribution in [-0.4, -0.2) is 53.3 Å². The molecule has 146 valence electrons. The van der Waals surface area contributed by atoms with Gasteiger partial charge in [0.2, 0.25) is 0 Å². The molecular formula is C22H27N5O. The van der Waals surface area contributed by atoms with Crippen LogP contribution in [0.2, 0.25) is 0 Å². The zero-order chi connectivity index (χ0) is 19.4. The molecule has 2 aliphatic rings. The largest absolute Gasteiger partial charge is 0.388 e. The maximum Gasteiger partial charge on any atom is 0.128 e. The molecule has 0 bridgehead atoms. The number of anilines is 2. The Morgan fingerprint density at radius 1 is 1.11 bits per heavy atom. The van der Waals surface area contributed by atoms with Gasteiger partial charge in [-0.25, -0.2) is 4.98 Å². The number of pyridine rings is 1. The first-order chi connectivity index (χ1) is 13.6. The highest BCUT2D eigenvalue weighted by molar-refractivity contribution is 5.45. The molecule has 0 unspecified atom stereocenters. The number of rotatable bonds is 6. The standard InChI is InChI=1S/C22H27N5O/c23-15-19-13-22(28,14-19)17-25-20-6-4-18(5-7-20)16-26-9-11-27(12-10-26)21-3-1-2-8-24-21/h1-8,19,25,28H,9-14,16-17H2. The Bertz CT molecular complexity index is 803. The zero-order valence-corrected chi connectivity index (χ0v) is 16.1. The van der Waals surface area contributed by atoms with E-state index in [2.05, 4.69) is 56.5 Å². The van der Waals surface area contributed by atoms with Crippen molar-refractivity contribution in [3.63, 3.8) is 0 Å². The molecule has 0 atom stereocenters. The molecule has 2 fully saturated rings. The van der Waals surface area contributed by atoms with E-state index < -0.39 is 5.60 Å². The molecule has 0 spiro atoms. The van der Waals surface area contributed by atoms with Gasteiger partial charge in [0.1, 0.15) is 5.82 Å². The van der Waals surface area contributed by atoms with Gasteiger partial charge in [0, 0.05) is 51.2 Å². The summed E-state index contributed by atoms with van der Waals surface area (Å²) in [4.78, 5) is 9.25. The first-order valence-corrected chi connectivity index (χ1v) is 9.97. The van der Waals surface area contributed by atoms with Crippen LogP contribution < -0.4 is 10.2 Å². The molecule has 1 saturated heterocycles. The highest BCUT2D eigenvalue weighted by atomic mass is 16.3. The van der Waals surface area contributed by atoms with Crippen LogP contribution in [0.4, 0.5) is 11.5 Å². The number of hydrogen-bond donors (Lipinski definition) is 2. The number of nitrogens with one attached hydrogen (secondary N) is 1. The van der Waals surface area contributed by atoms with Crippen LogP contribution in [0.5, 0.6) is 0 Å². The van der Waals surface area contributed by atoms with Crippen LogP contribution in [0.1, 0.15) is 18.4 Å². The molecule has 4 rings (SSSR count). The summed E-state index contributed by atoms with van der Waals surface area (Å²) in [5, 5.41) is 22.5. The number of hydrogen-bond acceptors (Lipinski definition) is 6. The van der Waals surface area contributed by atoms with E-state index in [0.717, 1.165) is 44.2 Å². The smallest absolute Gasteiger partial charge is 0.128 e. The maximum atomic E-state index is 10.3. The molecule has 1 aromatic heterocycles. The highest BCUT2D eigenvalue weighted by Gasteiger charge is 2.42. The van der Waals surface area contributed by atoms with E-state index in [1.807, 2.05) is 18.3 Å². The van der Waals surface area contributed by atoms with E-state index >= 15 is 0 Å². The molecule has 2 heterocycles. The van der Waals surface area contributed by atoms with Crippen LogP contribution >= 0.6 is 0 Å². The lowest BCUT2D eigenvalue weighted by atomic mass is 9.71. The van der Waals surface area contributed by atoms with Crippen LogP contribution in [0.15, 0.2) is 48.7 Å². The van der Waals surface area contributed by atoms with Crippen LogP contribution in [-0.2, 0) is 6.54 Å². The van der Waals surface area contributed by atoms with E-state index in [1.54, 1.807) is 0 Å². The predicted molar refractivity (Wildman–Crippen MR) is 110 cm³/mol. The number of nitriles is 1. The SMILES string of the molecule is N#CC1CC(O)(CNc2ccc(CN3CCN(c4ccccn4)CC3)cc2)C1. The minimum Gasteiger partial charge on any atom is -0.388 e. The van der Waals surface area contributed by atoms with Gasteiger partial charge in [0.25, 0.3) is 0 Å². The molecule has 1 aliphatic heterocycles. The second kappa shape index (κ2) is 8.17. The number of nitrogens with zero attached hydrogens (tertiary/aromatic N) is 4. The van der Waals surface area contributed by atoms with Gasteiger partial charge < -0.3 is 15.3 Å². The Morgan fingerprint density at radius 2 is 1.86 bits per heavy atom. The van der Waals surface area contributed by atoms with Crippen LogP contribution in [0, 0.1) is 17.2 Å². The molecule has 0 amide bonds. The topological polar surface area (TPSA) is 75.4 Å². The third-order valence-corrected chi connectivity index (χ3v) is 5.76. The van der Waals surface area contributed by atoms with E-state index in [9.17, 15) is 5.11 Å². The van der Waals surface area contributed by atoms with Gasteiger partial charge in [-0.2, -0.15) is 5.26 Å². The summed E-state index contributed by atoms with van der Waals surface area (Å²) < 4.78 is 0. The predicted octanol–water partition coefficient (Wildman–Crippen LogP) is 2.48. The van der Waals surface area contributed by atoms with Gasteiger partial charge in [-0.3, -0.25) is 4.90 Å². The normalized spacial score (nSPS) is 25.0. The highest BCUT2D eigenvalue weighted by Crippen LogP contribution is 2.37. The molecule has 1 aliphatic carbocycles. The number of aromatic nitrogens is 1. The second-order valence-electron chi connectivity index (χ2n) is 7.96. The van der Waals surface area contributed by atoms with Gasteiger partial charge in [-0.1, -0.05) is 18.2 Å². The van der Waals surface area contributed by atoms with Crippen molar-refractivity contribution < 1.29 is 5.11 Å². The second-order valence-corrected chi connectivity index (χ2v) is 7.96. The van der Waals surface area contributed by atoms with E-state index in [1.165, 1.54) is 5.56 Å². The Kier molecular flexibility index (Phi) is 5.47. The Hall–Kier alpha value is -2.62. The summed E-state index contributed by atoms with van der Waals surface area (Å²) in [5.74, 6) is 1.07. The molecule has 1 aromatic carbocycles. The van der Waals surface area contributed by atoms with Crippen molar-refractivity contribution in [2.24, 2.45) is 5.92 Å². The molecule has 6 nitrogen and oxygen atoms in total. The van der Waals surface area contributed by atoms with Gasteiger partial charge in [0.05, 0.1) is 17.6 Å². The molecule has 0 radical (unpaired) electrons. The Balaban J connectivity index is 1.22. The summed E-state index contributed by atoms with van der Waals surface area (Å²) in [6.07, 6.45) is 2.99. The van der Waals surface area contributed by atoms with Crippen molar-refractivity contribution in [2.75, 3.05) is 42.9 Å². The third kappa shape index (κ3) is 4.44. The van der Waals surface area contributed by atoms with Crippen molar-refractivity contribution in [2.45, 2.75) is 25.0 Å². The van der Waals surface area contributed by atoms with Gasteiger partial charge in [0.15, 0.2) is 0 Å². The van der Waals surface area contributed by atoms with E-state index in [4.69, 9.17) is 5.26 Å². The van der Waals surface area contributed by atoms with Crippen LogP contribution in [0.25, 0.3) is 0 Å². The molecule has 1 saturated carbocycles. The lowest BCUT2D eigenvalue weighted by molar-refractivity contribution is -0.0442. The van der Waals surface area contributed by atoms with Crippen molar-refractivity contribution in [3.05, 3.63) is 54.2 Å². The Morgan fingerprint density at radius 3 is 2.50 bits per heavy atom. The average Bonchev–Trinajstić information content (AvgIpc) is 2.72. The lowest BCUT2D eigenvalue weighted by Gasteiger charge is -2.40. The monoisotopic (exact) mass is 377 g/mol. The van der Waals surface area contributed by atoms with Crippen molar-refractivity contribution in [3.8, 4) is 6.07 Å². The van der Waals surface area contributed by atoms with Crippen molar-refractivity contribution >= 4 is 11.5 Å². The zero-order valence-electron chi connectivity index (χ0n) is 16.1. The molecule has 2 N–H and O–H groups in total. The lowest BCUT2D eigenvalue weighted by Crippen LogP contribution is -2.48. The van der Waals surface area contributed by atoms with Crippen molar-refractivity contribution in [1.82, 2.24) is 9.88 Å². The first kappa shape index (κ1) is 18.7.